The van der Waals surface area contributed by atoms with Crippen molar-refractivity contribution in [3.8, 4) is 0 Å². The van der Waals surface area contributed by atoms with Gasteiger partial charge in [0.25, 0.3) is 0 Å². The Kier molecular flexibility index (Phi) is 5.28. The van der Waals surface area contributed by atoms with Crippen LogP contribution in [0.25, 0.3) is 0 Å². The fourth-order valence-corrected chi connectivity index (χ4v) is 2.48. The molecule has 2 unspecified atom stereocenters. The van der Waals surface area contributed by atoms with Gasteiger partial charge in [0.2, 0.25) is 11.8 Å². The van der Waals surface area contributed by atoms with Gasteiger partial charge in [-0.05, 0) is 30.5 Å². The molecule has 1 aliphatic rings. The first-order chi connectivity index (χ1) is 10.8. The molecule has 126 valence electrons. The molecule has 2 amide bonds. The summed E-state index contributed by atoms with van der Waals surface area (Å²) in [5.41, 5.74) is -0.0195. The highest BCUT2D eigenvalue weighted by molar-refractivity contribution is 5.80. The van der Waals surface area contributed by atoms with E-state index in [2.05, 4.69) is 10.6 Å². The summed E-state index contributed by atoms with van der Waals surface area (Å²) in [4.78, 5) is 23.2. The quantitative estimate of drug-likeness (QED) is 0.891. The highest BCUT2D eigenvalue weighted by Gasteiger charge is 2.30. The molecule has 0 radical (unpaired) electrons. The van der Waals surface area contributed by atoms with Crippen molar-refractivity contribution in [2.24, 2.45) is 5.92 Å². The minimum absolute atomic E-state index is 0.0201. The van der Waals surface area contributed by atoms with Crippen LogP contribution in [0, 0.1) is 5.92 Å². The van der Waals surface area contributed by atoms with Crippen LogP contribution in [0.15, 0.2) is 24.3 Å². The Hall–Kier alpha value is -2.05. The first-order valence-corrected chi connectivity index (χ1v) is 7.49. The van der Waals surface area contributed by atoms with Crippen LogP contribution in [0.5, 0.6) is 0 Å². The second-order valence-electron chi connectivity index (χ2n) is 5.85. The van der Waals surface area contributed by atoms with Crippen molar-refractivity contribution in [1.29, 1.82) is 0 Å². The number of hydrogen-bond donors (Lipinski definition) is 2. The normalized spacial score (nSPS) is 19.8. The van der Waals surface area contributed by atoms with Crippen molar-refractivity contribution in [1.82, 2.24) is 10.6 Å². The molecule has 23 heavy (non-hydrogen) atoms. The zero-order valence-electron chi connectivity index (χ0n) is 12.7. The number of hydrogen-bond acceptors (Lipinski definition) is 2. The van der Waals surface area contributed by atoms with Crippen LogP contribution in [0.3, 0.4) is 0 Å². The minimum atomic E-state index is -4.35. The van der Waals surface area contributed by atoms with Gasteiger partial charge in [-0.2, -0.15) is 13.2 Å². The van der Waals surface area contributed by atoms with Crippen LogP contribution < -0.4 is 10.6 Å². The second kappa shape index (κ2) is 7.02. The molecule has 0 bridgehead atoms. The van der Waals surface area contributed by atoms with Crippen molar-refractivity contribution in [3.05, 3.63) is 35.4 Å². The van der Waals surface area contributed by atoms with E-state index < -0.39 is 11.7 Å². The average Bonchev–Trinajstić information content (AvgIpc) is 2.49. The van der Waals surface area contributed by atoms with E-state index in [0.29, 0.717) is 31.4 Å². The van der Waals surface area contributed by atoms with Crippen LogP contribution in [-0.2, 0) is 22.2 Å². The number of piperidine rings is 1. The summed E-state index contributed by atoms with van der Waals surface area (Å²) in [5.74, 6) is -0.538. The highest BCUT2D eigenvalue weighted by atomic mass is 19.4. The zero-order chi connectivity index (χ0) is 17.0. The van der Waals surface area contributed by atoms with Crippen LogP contribution in [0.1, 0.15) is 30.9 Å². The average molecular weight is 328 g/mol. The molecule has 1 heterocycles. The molecule has 4 nitrogen and oxygen atoms in total. The summed E-state index contributed by atoms with van der Waals surface area (Å²) in [6, 6.07) is 4.75. The van der Waals surface area contributed by atoms with E-state index in [9.17, 15) is 22.8 Å². The molecule has 0 aliphatic carbocycles. The Morgan fingerprint density at radius 1 is 1.35 bits per heavy atom. The van der Waals surface area contributed by atoms with E-state index in [4.69, 9.17) is 0 Å². The molecule has 1 aliphatic heterocycles. The van der Waals surface area contributed by atoms with Gasteiger partial charge >= 0.3 is 6.18 Å². The Morgan fingerprint density at radius 3 is 2.52 bits per heavy atom. The van der Waals surface area contributed by atoms with E-state index >= 15 is 0 Å². The van der Waals surface area contributed by atoms with E-state index in [1.807, 2.05) is 0 Å². The maximum Gasteiger partial charge on any atom is 0.416 e. The van der Waals surface area contributed by atoms with Gasteiger partial charge in [0.05, 0.1) is 5.56 Å². The molecule has 7 heteroatoms. The lowest BCUT2D eigenvalue weighted by Gasteiger charge is -2.25. The summed E-state index contributed by atoms with van der Waals surface area (Å²) >= 11 is 0. The lowest BCUT2D eigenvalue weighted by atomic mass is 9.98. The Balaban J connectivity index is 1.87. The predicted molar refractivity (Wildman–Crippen MR) is 78.5 cm³/mol. The number of carbonyl (C=O) groups excluding carboxylic acids is 2. The minimum Gasteiger partial charge on any atom is -0.354 e. The molecular weight excluding hydrogens is 309 g/mol. The first-order valence-electron chi connectivity index (χ1n) is 7.49. The second-order valence-corrected chi connectivity index (χ2v) is 5.85. The number of rotatable bonds is 4. The van der Waals surface area contributed by atoms with Gasteiger partial charge in [0, 0.05) is 24.9 Å². The van der Waals surface area contributed by atoms with Crippen LogP contribution in [0.2, 0.25) is 0 Å². The van der Waals surface area contributed by atoms with Gasteiger partial charge in [0.15, 0.2) is 0 Å². The number of halogens is 3. The molecule has 0 spiro atoms. The smallest absolute Gasteiger partial charge is 0.354 e. The molecule has 1 fully saturated rings. The molecule has 2 N–H and O–H groups in total. The fraction of sp³-hybridized carbons (Fsp3) is 0.500. The van der Waals surface area contributed by atoms with Gasteiger partial charge in [-0.3, -0.25) is 9.59 Å². The Bertz CT molecular complexity index is 560. The molecule has 1 aromatic rings. The largest absolute Gasteiger partial charge is 0.416 e. The van der Waals surface area contributed by atoms with Crippen molar-refractivity contribution in [3.63, 3.8) is 0 Å². The summed E-state index contributed by atoms with van der Waals surface area (Å²) < 4.78 is 37.5. The standard InChI is InChI=1S/C16H19F3N2O2/c1-10(15(23)21-13-6-7-14(22)20-9-13)8-11-2-4-12(5-3-11)16(17,18)19/h2-5,10,13H,6-9H2,1H3,(H,20,22)(H,21,23). The van der Waals surface area contributed by atoms with E-state index in [0.717, 1.165) is 12.1 Å². The van der Waals surface area contributed by atoms with Crippen LogP contribution in [-0.4, -0.2) is 24.4 Å². The molecular formula is C16H19F3N2O2. The van der Waals surface area contributed by atoms with Crippen LogP contribution >= 0.6 is 0 Å². The number of carbonyl (C=O) groups is 2. The number of benzene rings is 1. The SMILES string of the molecule is CC(Cc1ccc(C(F)(F)F)cc1)C(=O)NC1CCC(=O)NC1. The fourth-order valence-electron chi connectivity index (χ4n) is 2.48. The Labute approximate surface area is 132 Å². The van der Waals surface area contributed by atoms with Gasteiger partial charge in [0.1, 0.15) is 0 Å². The van der Waals surface area contributed by atoms with Gasteiger partial charge in [-0.15, -0.1) is 0 Å². The molecule has 1 aromatic carbocycles. The summed E-state index contributed by atoms with van der Waals surface area (Å²) in [6.07, 6.45) is -3.00. The van der Waals surface area contributed by atoms with Gasteiger partial charge in [-0.25, -0.2) is 0 Å². The first kappa shape index (κ1) is 17.3. The molecule has 2 rings (SSSR count). The summed E-state index contributed by atoms with van der Waals surface area (Å²) in [5, 5.41) is 5.55. The number of nitrogens with one attached hydrogen (secondary N) is 2. The summed E-state index contributed by atoms with van der Waals surface area (Å²) in [7, 11) is 0. The highest BCUT2D eigenvalue weighted by Crippen LogP contribution is 2.29. The molecule has 0 aromatic heterocycles. The maximum atomic E-state index is 12.5. The van der Waals surface area contributed by atoms with E-state index in [-0.39, 0.29) is 23.8 Å². The molecule has 0 saturated carbocycles. The topological polar surface area (TPSA) is 58.2 Å². The van der Waals surface area contributed by atoms with Crippen molar-refractivity contribution in [2.45, 2.75) is 38.4 Å². The lowest BCUT2D eigenvalue weighted by molar-refractivity contribution is -0.137. The number of alkyl halides is 3. The van der Waals surface area contributed by atoms with E-state index in [1.54, 1.807) is 6.92 Å². The summed E-state index contributed by atoms with van der Waals surface area (Å²) in [6.45, 7) is 2.14. The van der Waals surface area contributed by atoms with E-state index in [1.165, 1.54) is 12.1 Å². The predicted octanol–water partition coefficient (Wildman–Crippen LogP) is 2.28. The zero-order valence-corrected chi connectivity index (χ0v) is 12.7. The van der Waals surface area contributed by atoms with Crippen molar-refractivity contribution < 1.29 is 22.8 Å². The Morgan fingerprint density at radius 2 is 2.00 bits per heavy atom. The van der Waals surface area contributed by atoms with Crippen molar-refractivity contribution >= 4 is 11.8 Å². The third-order valence-electron chi connectivity index (χ3n) is 3.88. The monoisotopic (exact) mass is 328 g/mol. The number of amides is 2. The van der Waals surface area contributed by atoms with Gasteiger partial charge in [-0.1, -0.05) is 19.1 Å². The maximum absolute atomic E-state index is 12.5. The third-order valence-corrected chi connectivity index (χ3v) is 3.88. The van der Waals surface area contributed by atoms with Crippen LogP contribution in [0.4, 0.5) is 13.2 Å². The lowest BCUT2D eigenvalue weighted by Crippen LogP contribution is -2.49. The third kappa shape index (κ3) is 4.97. The van der Waals surface area contributed by atoms with Gasteiger partial charge < -0.3 is 10.6 Å². The molecule has 2 atom stereocenters. The molecule has 1 saturated heterocycles. The van der Waals surface area contributed by atoms with Crippen molar-refractivity contribution in [2.75, 3.05) is 6.54 Å².